The van der Waals surface area contributed by atoms with Gasteiger partial charge in [0.2, 0.25) is 0 Å². The Kier molecular flexibility index (Phi) is 4.73. The van der Waals surface area contributed by atoms with E-state index in [9.17, 15) is 9.59 Å². The van der Waals surface area contributed by atoms with Gasteiger partial charge in [0, 0.05) is 0 Å². The second kappa shape index (κ2) is 5.87. The van der Waals surface area contributed by atoms with Gasteiger partial charge in [0.25, 0.3) is 0 Å². The second-order valence-electron chi connectivity index (χ2n) is 3.89. The lowest BCUT2D eigenvalue weighted by Crippen LogP contribution is -2.11. The highest BCUT2D eigenvalue weighted by Gasteiger charge is 2.20. The van der Waals surface area contributed by atoms with Gasteiger partial charge in [0.15, 0.2) is 5.78 Å². The van der Waals surface area contributed by atoms with Gasteiger partial charge in [0.1, 0.15) is 12.2 Å². The third-order valence-corrected chi connectivity index (χ3v) is 3.22. The predicted octanol–water partition coefficient (Wildman–Crippen LogP) is 2.71. The van der Waals surface area contributed by atoms with Crippen molar-refractivity contribution in [2.24, 2.45) is 0 Å². The molecule has 1 rings (SSSR count). The van der Waals surface area contributed by atoms with Crippen molar-refractivity contribution in [2.45, 2.75) is 20.3 Å². The van der Waals surface area contributed by atoms with Gasteiger partial charge in [-0.05, 0) is 31.0 Å². The minimum absolute atomic E-state index is 0.300. The van der Waals surface area contributed by atoms with Crippen LogP contribution >= 0.6 is 11.6 Å². The first-order valence-corrected chi connectivity index (χ1v) is 5.73. The molecule has 0 heterocycles. The highest BCUT2D eigenvalue weighted by molar-refractivity contribution is 6.33. The highest BCUT2D eigenvalue weighted by Crippen LogP contribution is 2.34. The van der Waals surface area contributed by atoms with Crippen molar-refractivity contribution in [3.05, 3.63) is 27.8 Å². The minimum atomic E-state index is -0.587. The first-order chi connectivity index (χ1) is 8.42. The first kappa shape index (κ1) is 14.5. The Morgan fingerprint density at radius 2 is 1.89 bits per heavy atom. The standard InChI is InChI=1S/C13H15ClO4/c1-7-5-9(10(15)6-11(16)17-3)13(18-4)12(14)8(7)2/h5H,6H2,1-4H3. The lowest BCUT2D eigenvalue weighted by molar-refractivity contribution is -0.139. The van der Waals surface area contributed by atoms with Crippen molar-refractivity contribution in [3.63, 3.8) is 0 Å². The van der Waals surface area contributed by atoms with Crippen molar-refractivity contribution in [2.75, 3.05) is 14.2 Å². The molecule has 0 unspecified atom stereocenters. The van der Waals surface area contributed by atoms with Gasteiger partial charge in [-0.15, -0.1) is 0 Å². The third-order valence-electron chi connectivity index (χ3n) is 2.76. The van der Waals surface area contributed by atoms with Gasteiger partial charge < -0.3 is 9.47 Å². The molecule has 98 valence electrons. The van der Waals surface area contributed by atoms with Crippen LogP contribution in [0.5, 0.6) is 5.75 Å². The third kappa shape index (κ3) is 2.82. The van der Waals surface area contributed by atoms with Crippen LogP contribution in [0.3, 0.4) is 0 Å². The van der Waals surface area contributed by atoms with Crippen LogP contribution in [0.1, 0.15) is 27.9 Å². The molecule has 1 aromatic rings. The summed E-state index contributed by atoms with van der Waals surface area (Å²) in [5.74, 6) is -0.659. The molecule has 5 heteroatoms. The summed E-state index contributed by atoms with van der Waals surface area (Å²) >= 11 is 6.12. The molecule has 0 atom stereocenters. The zero-order valence-corrected chi connectivity index (χ0v) is 11.6. The molecule has 0 aliphatic carbocycles. The molecule has 0 bridgehead atoms. The maximum Gasteiger partial charge on any atom is 0.313 e. The highest BCUT2D eigenvalue weighted by atomic mass is 35.5. The van der Waals surface area contributed by atoms with Crippen LogP contribution < -0.4 is 4.74 Å². The van der Waals surface area contributed by atoms with Crippen LogP contribution in [-0.2, 0) is 9.53 Å². The molecule has 0 aromatic heterocycles. The average molecular weight is 271 g/mol. The van der Waals surface area contributed by atoms with Gasteiger partial charge in [-0.3, -0.25) is 9.59 Å². The Labute approximate surface area is 111 Å². The number of Topliss-reactive ketones (excluding diaryl/α,β-unsaturated/α-hetero) is 1. The van der Waals surface area contributed by atoms with E-state index in [2.05, 4.69) is 4.74 Å². The Morgan fingerprint density at radius 3 is 2.39 bits per heavy atom. The van der Waals surface area contributed by atoms with Gasteiger partial charge >= 0.3 is 5.97 Å². The molecular formula is C13H15ClO4. The summed E-state index contributed by atoms with van der Waals surface area (Å²) in [4.78, 5) is 23.1. The number of esters is 1. The molecular weight excluding hydrogens is 256 g/mol. The van der Waals surface area contributed by atoms with E-state index in [0.29, 0.717) is 16.3 Å². The van der Waals surface area contributed by atoms with E-state index in [-0.39, 0.29) is 12.2 Å². The predicted molar refractivity (Wildman–Crippen MR) is 68.4 cm³/mol. The first-order valence-electron chi connectivity index (χ1n) is 5.36. The Balaban J connectivity index is 3.23. The number of methoxy groups -OCH3 is 2. The van der Waals surface area contributed by atoms with E-state index < -0.39 is 5.97 Å². The van der Waals surface area contributed by atoms with Crippen molar-refractivity contribution in [1.29, 1.82) is 0 Å². The van der Waals surface area contributed by atoms with E-state index in [0.717, 1.165) is 11.1 Å². The van der Waals surface area contributed by atoms with Gasteiger partial charge in [-0.2, -0.15) is 0 Å². The van der Waals surface area contributed by atoms with Crippen molar-refractivity contribution >= 4 is 23.4 Å². The fourth-order valence-electron chi connectivity index (χ4n) is 1.56. The molecule has 0 spiro atoms. The number of ketones is 1. The molecule has 0 saturated carbocycles. The summed E-state index contributed by atoms with van der Waals surface area (Å²) in [6, 6.07) is 1.67. The zero-order valence-electron chi connectivity index (χ0n) is 10.8. The Bertz CT molecular complexity index is 494. The summed E-state index contributed by atoms with van der Waals surface area (Å²) in [5, 5.41) is 0.394. The monoisotopic (exact) mass is 270 g/mol. The molecule has 0 fully saturated rings. The molecule has 4 nitrogen and oxygen atoms in total. The van der Waals surface area contributed by atoms with Crippen LogP contribution in [0.25, 0.3) is 0 Å². The normalized spacial score (nSPS) is 10.1. The number of carbonyl (C=O) groups excluding carboxylic acids is 2. The number of benzene rings is 1. The van der Waals surface area contributed by atoms with E-state index in [1.54, 1.807) is 6.07 Å². The number of halogens is 1. The Morgan fingerprint density at radius 1 is 1.28 bits per heavy atom. The van der Waals surface area contributed by atoms with Crippen molar-refractivity contribution in [3.8, 4) is 5.75 Å². The lowest BCUT2D eigenvalue weighted by atomic mass is 10.0. The molecule has 0 aliphatic heterocycles. The van der Waals surface area contributed by atoms with Gasteiger partial charge in [0.05, 0.1) is 24.8 Å². The second-order valence-corrected chi connectivity index (χ2v) is 4.27. The molecule has 18 heavy (non-hydrogen) atoms. The van der Waals surface area contributed by atoms with Crippen LogP contribution in [0, 0.1) is 13.8 Å². The Hall–Kier alpha value is -1.55. The van der Waals surface area contributed by atoms with Crippen molar-refractivity contribution < 1.29 is 19.1 Å². The molecule has 0 saturated heterocycles. The largest absolute Gasteiger partial charge is 0.494 e. The molecule has 0 radical (unpaired) electrons. The number of ether oxygens (including phenoxy) is 2. The van der Waals surface area contributed by atoms with E-state index in [1.807, 2.05) is 13.8 Å². The smallest absolute Gasteiger partial charge is 0.313 e. The molecule has 0 amide bonds. The fourth-order valence-corrected chi connectivity index (χ4v) is 1.89. The minimum Gasteiger partial charge on any atom is -0.494 e. The van der Waals surface area contributed by atoms with E-state index in [1.165, 1.54) is 14.2 Å². The average Bonchev–Trinajstić information content (AvgIpc) is 2.35. The zero-order chi connectivity index (χ0) is 13.9. The maximum atomic E-state index is 12.0. The fraction of sp³-hybridized carbons (Fsp3) is 0.385. The number of rotatable bonds is 4. The summed E-state index contributed by atoms with van der Waals surface area (Å²) in [5.41, 5.74) is 2.02. The maximum absolute atomic E-state index is 12.0. The summed E-state index contributed by atoms with van der Waals surface area (Å²) in [7, 11) is 2.67. The summed E-state index contributed by atoms with van der Waals surface area (Å²) in [6.07, 6.45) is -0.328. The summed E-state index contributed by atoms with van der Waals surface area (Å²) in [6.45, 7) is 3.68. The lowest BCUT2D eigenvalue weighted by Gasteiger charge is -2.13. The molecule has 1 aromatic carbocycles. The van der Waals surface area contributed by atoms with Crippen molar-refractivity contribution in [1.82, 2.24) is 0 Å². The SMILES string of the molecule is COC(=O)CC(=O)c1cc(C)c(C)c(Cl)c1OC. The van der Waals surface area contributed by atoms with Crippen LogP contribution in [0.15, 0.2) is 6.07 Å². The van der Waals surface area contributed by atoms with E-state index >= 15 is 0 Å². The van der Waals surface area contributed by atoms with Gasteiger partial charge in [-0.1, -0.05) is 11.6 Å². The van der Waals surface area contributed by atoms with Crippen LogP contribution in [0.2, 0.25) is 5.02 Å². The molecule has 0 N–H and O–H groups in total. The number of carbonyl (C=O) groups is 2. The molecule has 0 aliphatic rings. The quantitative estimate of drug-likeness (QED) is 0.480. The number of hydrogen-bond donors (Lipinski definition) is 0. The number of aryl methyl sites for hydroxylation is 1. The van der Waals surface area contributed by atoms with Crippen LogP contribution in [0.4, 0.5) is 0 Å². The topological polar surface area (TPSA) is 52.6 Å². The van der Waals surface area contributed by atoms with Crippen LogP contribution in [-0.4, -0.2) is 26.0 Å². The van der Waals surface area contributed by atoms with Gasteiger partial charge in [-0.25, -0.2) is 0 Å². The number of hydrogen-bond acceptors (Lipinski definition) is 4. The summed E-state index contributed by atoms with van der Waals surface area (Å²) < 4.78 is 9.61. The van der Waals surface area contributed by atoms with E-state index in [4.69, 9.17) is 16.3 Å².